The number of nitrogens with zero attached hydrogens (tertiary/aromatic N) is 5. The minimum atomic E-state index is -0.162. The molecule has 0 amide bonds. The van der Waals surface area contributed by atoms with E-state index in [1.165, 1.54) is 10.9 Å². The Balaban J connectivity index is 1.58. The highest BCUT2D eigenvalue weighted by atomic mass is 16.5. The van der Waals surface area contributed by atoms with Gasteiger partial charge in [0, 0.05) is 12.6 Å². The summed E-state index contributed by atoms with van der Waals surface area (Å²) in [4.78, 5) is 25.0. The summed E-state index contributed by atoms with van der Waals surface area (Å²) in [5.74, 6) is 0.959. The summed E-state index contributed by atoms with van der Waals surface area (Å²) in [5, 5.41) is 4.48. The molecule has 1 aromatic carbocycles. The van der Waals surface area contributed by atoms with E-state index in [-0.39, 0.29) is 12.1 Å². The van der Waals surface area contributed by atoms with E-state index in [9.17, 15) is 4.79 Å². The van der Waals surface area contributed by atoms with Crippen molar-refractivity contribution in [3.8, 4) is 0 Å². The van der Waals surface area contributed by atoms with Gasteiger partial charge in [-0.25, -0.2) is 4.98 Å². The van der Waals surface area contributed by atoms with E-state index >= 15 is 0 Å². The third-order valence-corrected chi connectivity index (χ3v) is 3.65. The van der Waals surface area contributed by atoms with Gasteiger partial charge in [-0.15, -0.1) is 0 Å². The largest absolute Gasteiger partial charge is 0.337 e. The molecule has 0 aliphatic heterocycles. The molecule has 0 spiro atoms. The lowest BCUT2D eigenvalue weighted by Crippen LogP contribution is -2.21. The zero-order valence-electron chi connectivity index (χ0n) is 12.7. The maximum atomic E-state index is 12.4. The van der Waals surface area contributed by atoms with Crippen LogP contribution in [-0.4, -0.2) is 24.7 Å². The summed E-state index contributed by atoms with van der Waals surface area (Å²) in [5.41, 5.74) is 1.50. The molecule has 0 N–H and O–H groups in total. The highest BCUT2D eigenvalue weighted by Gasteiger charge is 2.10. The standard InChI is InChI=1S/C17H13N5O2/c23-17-13-6-7-18-9-14(13)19-11-22(17)10-16-20-15(21-24-16)8-12-4-2-1-3-5-12/h1-7,9,11H,8,10H2. The van der Waals surface area contributed by atoms with Crippen LogP contribution in [0.2, 0.25) is 0 Å². The van der Waals surface area contributed by atoms with Gasteiger partial charge in [0.1, 0.15) is 6.54 Å². The first kappa shape index (κ1) is 14.3. The summed E-state index contributed by atoms with van der Waals surface area (Å²) < 4.78 is 6.69. The Kier molecular flexibility index (Phi) is 3.59. The average molecular weight is 319 g/mol. The predicted molar refractivity (Wildman–Crippen MR) is 86.4 cm³/mol. The predicted octanol–water partition coefficient (Wildman–Crippen LogP) is 1.81. The minimum absolute atomic E-state index is 0.162. The summed E-state index contributed by atoms with van der Waals surface area (Å²) in [7, 11) is 0. The molecule has 0 radical (unpaired) electrons. The fourth-order valence-electron chi connectivity index (χ4n) is 2.47. The van der Waals surface area contributed by atoms with Gasteiger partial charge in [0.15, 0.2) is 5.82 Å². The average Bonchev–Trinajstić information content (AvgIpc) is 3.05. The van der Waals surface area contributed by atoms with Crippen LogP contribution in [0.4, 0.5) is 0 Å². The maximum absolute atomic E-state index is 12.4. The van der Waals surface area contributed by atoms with Gasteiger partial charge in [-0.3, -0.25) is 14.3 Å². The van der Waals surface area contributed by atoms with E-state index in [2.05, 4.69) is 20.1 Å². The van der Waals surface area contributed by atoms with Crippen LogP contribution in [0.3, 0.4) is 0 Å². The van der Waals surface area contributed by atoms with Crippen LogP contribution in [0, 0.1) is 0 Å². The van der Waals surface area contributed by atoms with E-state index in [0.717, 1.165) is 5.56 Å². The van der Waals surface area contributed by atoms with Crippen LogP contribution in [0.15, 0.2) is 64.4 Å². The normalized spacial score (nSPS) is 11.0. The zero-order chi connectivity index (χ0) is 16.4. The van der Waals surface area contributed by atoms with Crippen LogP contribution >= 0.6 is 0 Å². The minimum Gasteiger partial charge on any atom is -0.337 e. The Morgan fingerprint density at radius 3 is 2.88 bits per heavy atom. The molecule has 0 bridgehead atoms. The Hall–Kier alpha value is -3.35. The Morgan fingerprint density at radius 1 is 1.12 bits per heavy atom. The van der Waals surface area contributed by atoms with E-state index < -0.39 is 0 Å². The number of hydrogen-bond donors (Lipinski definition) is 0. The molecule has 0 saturated carbocycles. The molecule has 0 fully saturated rings. The highest BCUT2D eigenvalue weighted by Crippen LogP contribution is 2.08. The first-order valence-corrected chi connectivity index (χ1v) is 7.44. The molecule has 4 rings (SSSR count). The first-order chi connectivity index (χ1) is 11.8. The van der Waals surface area contributed by atoms with E-state index in [0.29, 0.717) is 29.0 Å². The van der Waals surface area contributed by atoms with Crippen LogP contribution < -0.4 is 5.56 Å². The lowest BCUT2D eigenvalue weighted by atomic mass is 10.1. The van der Waals surface area contributed by atoms with E-state index in [1.807, 2.05) is 30.3 Å². The van der Waals surface area contributed by atoms with Crippen molar-refractivity contribution in [1.82, 2.24) is 24.7 Å². The van der Waals surface area contributed by atoms with Gasteiger partial charge in [-0.2, -0.15) is 4.98 Å². The van der Waals surface area contributed by atoms with E-state index in [4.69, 9.17) is 4.52 Å². The molecule has 7 heteroatoms. The number of fused-ring (bicyclic) bond motifs is 1. The molecule has 3 heterocycles. The maximum Gasteiger partial charge on any atom is 0.261 e. The fraction of sp³-hybridized carbons (Fsp3) is 0.118. The molecule has 0 saturated heterocycles. The van der Waals surface area contributed by atoms with Gasteiger partial charge >= 0.3 is 0 Å². The van der Waals surface area contributed by atoms with Crippen molar-refractivity contribution in [2.75, 3.05) is 0 Å². The Morgan fingerprint density at radius 2 is 2.00 bits per heavy atom. The first-order valence-electron chi connectivity index (χ1n) is 7.44. The smallest absolute Gasteiger partial charge is 0.261 e. The van der Waals surface area contributed by atoms with Gasteiger partial charge in [-0.1, -0.05) is 35.5 Å². The number of aromatic nitrogens is 5. The molecule has 0 atom stereocenters. The van der Waals surface area contributed by atoms with Gasteiger partial charge in [0.25, 0.3) is 5.56 Å². The second-order valence-electron chi connectivity index (χ2n) is 5.34. The molecule has 0 aliphatic carbocycles. The molecular weight excluding hydrogens is 306 g/mol. The van der Waals surface area contributed by atoms with Crippen molar-refractivity contribution >= 4 is 10.9 Å². The van der Waals surface area contributed by atoms with Crippen molar-refractivity contribution in [2.24, 2.45) is 0 Å². The van der Waals surface area contributed by atoms with Gasteiger partial charge in [0.2, 0.25) is 5.89 Å². The second kappa shape index (κ2) is 6.04. The quantitative estimate of drug-likeness (QED) is 0.570. The topological polar surface area (TPSA) is 86.7 Å². The molecule has 0 unspecified atom stereocenters. The summed E-state index contributed by atoms with van der Waals surface area (Å²) in [6.45, 7) is 0.186. The highest BCUT2D eigenvalue weighted by molar-refractivity contribution is 5.75. The second-order valence-corrected chi connectivity index (χ2v) is 5.34. The van der Waals surface area contributed by atoms with Gasteiger partial charge in [-0.05, 0) is 11.6 Å². The van der Waals surface area contributed by atoms with Crippen LogP contribution in [0.5, 0.6) is 0 Å². The zero-order valence-corrected chi connectivity index (χ0v) is 12.7. The molecule has 24 heavy (non-hydrogen) atoms. The van der Waals surface area contributed by atoms with Gasteiger partial charge < -0.3 is 4.52 Å². The van der Waals surface area contributed by atoms with Crippen molar-refractivity contribution in [2.45, 2.75) is 13.0 Å². The SMILES string of the molecule is O=c1c2ccncc2ncn1Cc1nc(Cc2ccccc2)no1. The molecule has 3 aromatic heterocycles. The Labute approximate surface area is 136 Å². The lowest BCUT2D eigenvalue weighted by Gasteiger charge is -2.02. The molecule has 118 valence electrons. The van der Waals surface area contributed by atoms with E-state index in [1.54, 1.807) is 18.5 Å². The summed E-state index contributed by atoms with van der Waals surface area (Å²) >= 11 is 0. The van der Waals surface area contributed by atoms with Crippen LogP contribution in [-0.2, 0) is 13.0 Å². The number of benzene rings is 1. The Bertz CT molecular complexity index is 1040. The lowest BCUT2D eigenvalue weighted by molar-refractivity contribution is 0.365. The summed E-state index contributed by atoms with van der Waals surface area (Å²) in [6, 6.07) is 11.5. The van der Waals surface area contributed by atoms with Crippen molar-refractivity contribution in [3.63, 3.8) is 0 Å². The third-order valence-electron chi connectivity index (χ3n) is 3.65. The van der Waals surface area contributed by atoms with Crippen molar-refractivity contribution in [3.05, 3.63) is 82.8 Å². The summed E-state index contributed by atoms with van der Waals surface area (Å²) in [6.07, 6.45) is 5.18. The fourth-order valence-corrected chi connectivity index (χ4v) is 2.47. The van der Waals surface area contributed by atoms with Crippen LogP contribution in [0.1, 0.15) is 17.3 Å². The number of rotatable bonds is 4. The molecule has 0 aliphatic rings. The molecule has 4 aromatic rings. The van der Waals surface area contributed by atoms with Crippen molar-refractivity contribution < 1.29 is 4.52 Å². The van der Waals surface area contributed by atoms with Gasteiger partial charge in [0.05, 0.1) is 23.4 Å². The molecule has 7 nitrogen and oxygen atoms in total. The van der Waals surface area contributed by atoms with Crippen molar-refractivity contribution in [1.29, 1.82) is 0 Å². The monoisotopic (exact) mass is 319 g/mol. The number of hydrogen-bond acceptors (Lipinski definition) is 6. The third kappa shape index (κ3) is 2.79. The number of pyridine rings is 1. The molecular formula is C17H13N5O2. The van der Waals surface area contributed by atoms with Crippen LogP contribution in [0.25, 0.3) is 10.9 Å².